The number of amides is 1. The van der Waals surface area contributed by atoms with Crippen LogP contribution < -0.4 is 11.1 Å². The molecule has 1 aliphatic rings. The summed E-state index contributed by atoms with van der Waals surface area (Å²) in [6.45, 7) is 0.984. The van der Waals surface area contributed by atoms with E-state index in [9.17, 15) is 4.79 Å². The second-order valence-electron chi connectivity index (χ2n) is 5.57. The maximum absolute atomic E-state index is 12.1. The van der Waals surface area contributed by atoms with Crippen molar-refractivity contribution < 1.29 is 14.6 Å². The van der Waals surface area contributed by atoms with E-state index in [2.05, 4.69) is 10.2 Å². The topological polar surface area (TPSA) is 73.6 Å². The average molecular weight is 292 g/mol. The summed E-state index contributed by atoms with van der Waals surface area (Å²) in [4.78, 5) is 21.5. The fourth-order valence-corrected chi connectivity index (χ4v) is 2.60. The van der Waals surface area contributed by atoms with Crippen molar-refractivity contribution in [1.82, 2.24) is 5.32 Å². The van der Waals surface area contributed by atoms with Crippen LogP contribution in [0.15, 0.2) is 24.3 Å². The number of nitrogens with two attached hydrogens (primary N) is 1. The molecule has 5 heteroatoms. The van der Waals surface area contributed by atoms with Crippen molar-refractivity contribution in [2.45, 2.75) is 44.9 Å². The molecule has 1 saturated carbocycles. The lowest BCUT2D eigenvalue weighted by molar-refractivity contribution is -0.282. The van der Waals surface area contributed by atoms with Gasteiger partial charge < -0.3 is 11.1 Å². The summed E-state index contributed by atoms with van der Waals surface area (Å²) in [5.74, 6) is 0.271. The van der Waals surface area contributed by atoms with E-state index in [1.807, 2.05) is 24.3 Å². The predicted octanol–water partition coefficient (Wildman–Crippen LogP) is 1.90. The van der Waals surface area contributed by atoms with Gasteiger partial charge >= 0.3 is 0 Å². The first-order valence-corrected chi connectivity index (χ1v) is 7.45. The van der Waals surface area contributed by atoms with E-state index in [4.69, 9.17) is 10.6 Å². The van der Waals surface area contributed by atoms with Crippen LogP contribution in [0.4, 0.5) is 0 Å². The van der Waals surface area contributed by atoms with Crippen LogP contribution in [0.25, 0.3) is 0 Å². The fourth-order valence-electron chi connectivity index (χ4n) is 2.60. The molecule has 1 aromatic rings. The molecule has 21 heavy (non-hydrogen) atoms. The van der Waals surface area contributed by atoms with Crippen LogP contribution in [-0.4, -0.2) is 19.1 Å². The van der Waals surface area contributed by atoms with Crippen molar-refractivity contribution in [1.29, 1.82) is 0 Å². The van der Waals surface area contributed by atoms with Gasteiger partial charge in [0.1, 0.15) is 6.61 Å². The van der Waals surface area contributed by atoms with Gasteiger partial charge in [0.05, 0.1) is 7.11 Å². The molecule has 0 heterocycles. The van der Waals surface area contributed by atoms with Gasteiger partial charge in [0.25, 0.3) is 0 Å². The van der Waals surface area contributed by atoms with Gasteiger partial charge in [0, 0.05) is 18.5 Å². The van der Waals surface area contributed by atoms with Gasteiger partial charge in [-0.15, -0.1) is 0 Å². The van der Waals surface area contributed by atoms with Crippen LogP contribution >= 0.6 is 0 Å². The van der Waals surface area contributed by atoms with E-state index in [-0.39, 0.29) is 17.9 Å². The van der Waals surface area contributed by atoms with Crippen LogP contribution in [0.1, 0.15) is 36.8 Å². The minimum absolute atomic E-state index is 0.124. The van der Waals surface area contributed by atoms with E-state index in [1.54, 1.807) is 0 Å². The molecule has 0 saturated heterocycles. The minimum Gasteiger partial charge on any atom is -0.352 e. The number of benzene rings is 1. The summed E-state index contributed by atoms with van der Waals surface area (Å²) in [5, 5.41) is 3.01. The smallest absolute Gasteiger partial charge is 0.223 e. The van der Waals surface area contributed by atoms with E-state index in [1.165, 1.54) is 7.11 Å². The van der Waals surface area contributed by atoms with E-state index < -0.39 is 0 Å². The van der Waals surface area contributed by atoms with Crippen LogP contribution in [0.2, 0.25) is 0 Å². The van der Waals surface area contributed by atoms with Gasteiger partial charge in [-0.2, -0.15) is 0 Å². The summed E-state index contributed by atoms with van der Waals surface area (Å²) < 4.78 is 0. The molecule has 0 unspecified atom stereocenters. The Balaban J connectivity index is 1.75. The van der Waals surface area contributed by atoms with Gasteiger partial charge in [-0.1, -0.05) is 24.3 Å². The van der Waals surface area contributed by atoms with Crippen molar-refractivity contribution in [2.75, 3.05) is 7.11 Å². The standard InChI is InChI=1S/C16H24N2O3/c1-20-21-11-13-4-2-12(3-5-13)10-18-16(19)14-6-8-15(17)9-7-14/h2-5,14-15H,6-11,17H2,1H3,(H,18,19). The summed E-state index contributed by atoms with van der Waals surface area (Å²) in [6.07, 6.45) is 3.71. The molecule has 3 N–H and O–H groups in total. The van der Waals surface area contributed by atoms with Gasteiger partial charge in [0.15, 0.2) is 0 Å². The first kappa shape index (κ1) is 15.9. The third-order valence-corrected chi connectivity index (χ3v) is 3.98. The molecule has 5 nitrogen and oxygen atoms in total. The number of nitrogens with one attached hydrogen (secondary N) is 1. The molecule has 1 fully saturated rings. The zero-order chi connectivity index (χ0) is 15.1. The third-order valence-electron chi connectivity index (χ3n) is 3.98. The zero-order valence-electron chi connectivity index (χ0n) is 12.5. The van der Waals surface area contributed by atoms with Crippen LogP contribution in [-0.2, 0) is 27.7 Å². The van der Waals surface area contributed by atoms with Crippen LogP contribution in [0, 0.1) is 5.92 Å². The normalized spacial score (nSPS) is 22.0. The summed E-state index contributed by atoms with van der Waals surface area (Å²) >= 11 is 0. The molecule has 0 bridgehead atoms. The minimum atomic E-state index is 0.124. The van der Waals surface area contributed by atoms with Crippen LogP contribution in [0.5, 0.6) is 0 Å². The van der Waals surface area contributed by atoms with E-state index >= 15 is 0 Å². The molecule has 116 valence electrons. The SMILES string of the molecule is COOCc1ccc(CNC(=O)C2CCC(N)CC2)cc1. The maximum Gasteiger partial charge on any atom is 0.223 e. The second-order valence-corrected chi connectivity index (χ2v) is 5.57. The maximum atomic E-state index is 12.1. The van der Waals surface area contributed by atoms with Crippen molar-refractivity contribution in [2.24, 2.45) is 11.7 Å². The summed E-state index contributed by atoms with van der Waals surface area (Å²) in [5.41, 5.74) is 7.98. The Morgan fingerprint density at radius 1 is 1.19 bits per heavy atom. The zero-order valence-corrected chi connectivity index (χ0v) is 12.5. The number of rotatable bonds is 6. The van der Waals surface area contributed by atoms with E-state index in [0.717, 1.165) is 36.8 Å². The average Bonchev–Trinajstić information content (AvgIpc) is 2.52. The lowest BCUT2D eigenvalue weighted by atomic mass is 9.86. The number of hydrogen-bond donors (Lipinski definition) is 2. The van der Waals surface area contributed by atoms with Gasteiger partial charge in [-0.3, -0.25) is 4.79 Å². The van der Waals surface area contributed by atoms with Crippen molar-refractivity contribution in [3.8, 4) is 0 Å². The van der Waals surface area contributed by atoms with Gasteiger partial charge in [0.2, 0.25) is 5.91 Å². The lowest BCUT2D eigenvalue weighted by Gasteiger charge is -2.25. The Bertz CT molecular complexity index is 439. The molecule has 1 aliphatic carbocycles. The van der Waals surface area contributed by atoms with Crippen molar-refractivity contribution >= 4 is 5.91 Å². The number of carbonyl (C=O) groups is 1. The van der Waals surface area contributed by atoms with Gasteiger partial charge in [-0.25, -0.2) is 9.78 Å². The monoisotopic (exact) mass is 292 g/mol. The quantitative estimate of drug-likeness (QED) is 0.620. The molecule has 1 amide bonds. The van der Waals surface area contributed by atoms with Gasteiger partial charge in [-0.05, 0) is 36.8 Å². The van der Waals surface area contributed by atoms with Crippen molar-refractivity contribution in [3.05, 3.63) is 35.4 Å². The Hall–Kier alpha value is -1.43. The first-order valence-electron chi connectivity index (χ1n) is 7.45. The summed E-state index contributed by atoms with van der Waals surface area (Å²) in [6, 6.07) is 8.20. The molecular weight excluding hydrogens is 268 g/mol. The van der Waals surface area contributed by atoms with Crippen LogP contribution in [0.3, 0.4) is 0 Å². The highest BCUT2D eigenvalue weighted by Crippen LogP contribution is 2.23. The molecule has 0 spiro atoms. The Kier molecular flexibility index (Phi) is 6.17. The Morgan fingerprint density at radius 3 is 2.43 bits per heavy atom. The molecule has 1 aromatic carbocycles. The fraction of sp³-hybridized carbons (Fsp3) is 0.562. The second kappa shape index (κ2) is 8.12. The highest BCUT2D eigenvalue weighted by Gasteiger charge is 2.24. The largest absolute Gasteiger partial charge is 0.352 e. The lowest BCUT2D eigenvalue weighted by Crippen LogP contribution is -2.35. The van der Waals surface area contributed by atoms with E-state index in [0.29, 0.717) is 13.2 Å². The number of carbonyl (C=O) groups excluding carboxylic acids is 1. The highest BCUT2D eigenvalue weighted by molar-refractivity contribution is 5.78. The first-order chi connectivity index (χ1) is 10.2. The van der Waals surface area contributed by atoms with Crippen molar-refractivity contribution in [3.63, 3.8) is 0 Å². The molecule has 0 aromatic heterocycles. The molecular formula is C16H24N2O3. The Labute approximate surface area is 125 Å². The molecule has 0 atom stereocenters. The highest BCUT2D eigenvalue weighted by atomic mass is 17.2. The third kappa shape index (κ3) is 5.12. The predicted molar refractivity (Wildman–Crippen MR) is 80.0 cm³/mol. The molecule has 0 aliphatic heterocycles. The molecule has 2 rings (SSSR count). The number of hydrogen-bond acceptors (Lipinski definition) is 4. The summed E-state index contributed by atoms with van der Waals surface area (Å²) in [7, 11) is 1.49. The molecule has 0 radical (unpaired) electrons. The Morgan fingerprint density at radius 2 is 1.81 bits per heavy atom.